The summed E-state index contributed by atoms with van der Waals surface area (Å²) in [5.74, 6) is 0. The zero-order chi connectivity index (χ0) is 27.3. The number of anilines is 6. The van der Waals surface area contributed by atoms with Crippen molar-refractivity contribution in [2.75, 3.05) is 9.80 Å². The molecular formula is C37H29ClN2. The van der Waals surface area contributed by atoms with Gasteiger partial charge in [-0.05, 0) is 102 Å². The van der Waals surface area contributed by atoms with Crippen LogP contribution in [0.15, 0.2) is 158 Å². The molecule has 0 fully saturated rings. The van der Waals surface area contributed by atoms with E-state index in [1.54, 1.807) is 0 Å². The van der Waals surface area contributed by atoms with E-state index in [4.69, 9.17) is 11.6 Å². The Balaban J connectivity index is 1.32. The van der Waals surface area contributed by atoms with Crippen molar-refractivity contribution in [2.45, 2.75) is 6.92 Å². The van der Waals surface area contributed by atoms with Crippen LogP contribution in [0.1, 0.15) is 5.56 Å². The summed E-state index contributed by atoms with van der Waals surface area (Å²) in [6.45, 7) is 2.13. The zero-order valence-electron chi connectivity index (χ0n) is 22.3. The van der Waals surface area contributed by atoms with E-state index in [1.165, 1.54) is 11.1 Å². The van der Waals surface area contributed by atoms with Gasteiger partial charge in [0.2, 0.25) is 0 Å². The normalized spacial score (nSPS) is 10.8. The fraction of sp³-hybridized carbons (Fsp3) is 0.0270. The van der Waals surface area contributed by atoms with Crippen LogP contribution < -0.4 is 9.80 Å². The van der Waals surface area contributed by atoms with Gasteiger partial charge in [0.05, 0.1) is 0 Å². The number of halogens is 1. The molecule has 2 nitrogen and oxygen atoms in total. The Bertz CT molecular complexity index is 1570. The maximum absolute atomic E-state index is 6.36. The smallest absolute Gasteiger partial charge is 0.0476 e. The van der Waals surface area contributed by atoms with E-state index in [0.29, 0.717) is 5.02 Å². The topological polar surface area (TPSA) is 6.48 Å². The lowest BCUT2D eigenvalue weighted by Gasteiger charge is -2.26. The monoisotopic (exact) mass is 536 g/mol. The average Bonchev–Trinajstić information content (AvgIpc) is 3.00. The van der Waals surface area contributed by atoms with Gasteiger partial charge in [0.25, 0.3) is 0 Å². The highest BCUT2D eigenvalue weighted by molar-refractivity contribution is 6.30. The van der Waals surface area contributed by atoms with Crippen LogP contribution in [-0.4, -0.2) is 0 Å². The fourth-order valence-electron chi connectivity index (χ4n) is 5.04. The Morgan fingerprint density at radius 3 is 1.23 bits per heavy atom. The van der Waals surface area contributed by atoms with Crippen LogP contribution in [0.2, 0.25) is 5.02 Å². The summed E-state index contributed by atoms with van der Waals surface area (Å²) in [6.07, 6.45) is 0. The maximum atomic E-state index is 6.36. The van der Waals surface area contributed by atoms with Crippen molar-refractivity contribution < 1.29 is 0 Å². The molecule has 6 aromatic rings. The number of nitrogens with zero attached hydrogens (tertiary/aromatic N) is 2. The van der Waals surface area contributed by atoms with Gasteiger partial charge < -0.3 is 9.80 Å². The molecule has 0 spiro atoms. The molecule has 0 radical (unpaired) electrons. The molecule has 0 aromatic heterocycles. The second-order valence-corrected chi connectivity index (χ2v) is 10.2. The Labute approximate surface area is 241 Å². The SMILES string of the molecule is Cc1cccc(N(c2ccccc2)c2ccc(-c3ccc(N(c4ccccc4)c4cccc(Cl)c4)cc3)cc2)c1. The first-order valence-electron chi connectivity index (χ1n) is 13.4. The quantitative estimate of drug-likeness (QED) is 0.200. The van der Waals surface area contributed by atoms with E-state index in [-0.39, 0.29) is 0 Å². The van der Waals surface area contributed by atoms with Crippen LogP contribution in [-0.2, 0) is 0 Å². The third-order valence-electron chi connectivity index (χ3n) is 6.94. The minimum Gasteiger partial charge on any atom is -0.310 e. The van der Waals surface area contributed by atoms with Crippen LogP contribution >= 0.6 is 11.6 Å². The van der Waals surface area contributed by atoms with Crippen LogP contribution in [0.5, 0.6) is 0 Å². The number of para-hydroxylation sites is 2. The predicted molar refractivity (Wildman–Crippen MR) is 171 cm³/mol. The lowest BCUT2D eigenvalue weighted by Crippen LogP contribution is -2.10. The highest BCUT2D eigenvalue weighted by Gasteiger charge is 2.14. The van der Waals surface area contributed by atoms with Gasteiger partial charge in [-0.15, -0.1) is 0 Å². The molecule has 40 heavy (non-hydrogen) atoms. The number of hydrogen-bond acceptors (Lipinski definition) is 2. The molecule has 3 heteroatoms. The number of aryl methyl sites for hydroxylation is 1. The minimum absolute atomic E-state index is 0.713. The van der Waals surface area contributed by atoms with Crippen molar-refractivity contribution in [1.29, 1.82) is 0 Å². The largest absolute Gasteiger partial charge is 0.310 e. The van der Waals surface area contributed by atoms with Crippen molar-refractivity contribution in [3.05, 3.63) is 168 Å². The summed E-state index contributed by atoms with van der Waals surface area (Å²) in [7, 11) is 0. The van der Waals surface area contributed by atoms with Gasteiger partial charge in [0, 0.05) is 39.1 Å². The molecule has 6 aromatic carbocycles. The van der Waals surface area contributed by atoms with E-state index in [1.807, 2.05) is 24.3 Å². The van der Waals surface area contributed by atoms with E-state index in [9.17, 15) is 0 Å². The summed E-state index contributed by atoms with van der Waals surface area (Å²) < 4.78 is 0. The molecule has 0 atom stereocenters. The van der Waals surface area contributed by atoms with Crippen molar-refractivity contribution >= 4 is 45.7 Å². The van der Waals surface area contributed by atoms with Crippen LogP contribution in [0, 0.1) is 6.92 Å². The van der Waals surface area contributed by atoms with Gasteiger partial charge in [-0.2, -0.15) is 0 Å². The van der Waals surface area contributed by atoms with Crippen LogP contribution in [0.3, 0.4) is 0 Å². The average molecular weight is 537 g/mol. The Morgan fingerprint density at radius 1 is 0.375 bits per heavy atom. The zero-order valence-corrected chi connectivity index (χ0v) is 23.0. The van der Waals surface area contributed by atoms with Crippen molar-refractivity contribution in [3.8, 4) is 11.1 Å². The number of hydrogen-bond donors (Lipinski definition) is 0. The van der Waals surface area contributed by atoms with Gasteiger partial charge in [0.1, 0.15) is 0 Å². The van der Waals surface area contributed by atoms with Gasteiger partial charge >= 0.3 is 0 Å². The third-order valence-corrected chi connectivity index (χ3v) is 7.17. The first-order valence-corrected chi connectivity index (χ1v) is 13.8. The van der Waals surface area contributed by atoms with Crippen molar-refractivity contribution in [2.24, 2.45) is 0 Å². The molecule has 0 heterocycles. The van der Waals surface area contributed by atoms with Gasteiger partial charge in [0.15, 0.2) is 0 Å². The first-order chi connectivity index (χ1) is 19.7. The molecule has 6 rings (SSSR count). The van der Waals surface area contributed by atoms with Crippen LogP contribution in [0.25, 0.3) is 11.1 Å². The lowest BCUT2D eigenvalue weighted by atomic mass is 10.0. The Morgan fingerprint density at radius 2 is 0.775 bits per heavy atom. The molecule has 0 saturated heterocycles. The molecule has 0 N–H and O–H groups in total. The molecule has 0 amide bonds. The highest BCUT2D eigenvalue weighted by atomic mass is 35.5. The van der Waals surface area contributed by atoms with E-state index in [2.05, 4.69) is 150 Å². The minimum atomic E-state index is 0.713. The molecule has 0 aliphatic rings. The Hall–Kier alpha value is -4.79. The standard InChI is InChI=1S/C37H29ClN2/c1-28-10-8-16-36(26-28)39(32-12-4-2-5-13-32)34-22-18-29(19-23-34)30-20-24-35(25-21-30)40(33-14-6-3-7-15-33)37-17-9-11-31(38)27-37/h2-27H,1H3. The van der Waals surface area contributed by atoms with E-state index in [0.717, 1.165) is 39.7 Å². The maximum Gasteiger partial charge on any atom is 0.0476 e. The highest BCUT2D eigenvalue weighted by Crippen LogP contribution is 2.38. The first kappa shape index (κ1) is 25.5. The lowest BCUT2D eigenvalue weighted by molar-refractivity contribution is 1.27. The predicted octanol–water partition coefficient (Wildman–Crippen LogP) is 11.3. The fourth-order valence-corrected chi connectivity index (χ4v) is 5.22. The molecule has 194 valence electrons. The van der Waals surface area contributed by atoms with Crippen LogP contribution in [0.4, 0.5) is 34.1 Å². The van der Waals surface area contributed by atoms with Crippen molar-refractivity contribution in [3.63, 3.8) is 0 Å². The third kappa shape index (κ3) is 5.49. The number of benzene rings is 6. The Kier molecular flexibility index (Phi) is 7.34. The van der Waals surface area contributed by atoms with Gasteiger partial charge in [-0.3, -0.25) is 0 Å². The summed E-state index contributed by atoms with van der Waals surface area (Å²) in [4.78, 5) is 4.51. The molecule has 0 aliphatic heterocycles. The number of rotatable bonds is 7. The summed E-state index contributed by atoms with van der Waals surface area (Å²) in [6, 6.07) is 54.9. The molecular weight excluding hydrogens is 508 g/mol. The van der Waals surface area contributed by atoms with Gasteiger partial charge in [-0.25, -0.2) is 0 Å². The van der Waals surface area contributed by atoms with E-state index < -0.39 is 0 Å². The molecule has 0 bridgehead atoms. The summed E-state index contributed by atoms with van der Waals surface area (Å²) >= 11 is 6.36. The second kappa shape index (κ2) is 11.5. The summed E-state index contributed by atoms with van der Waals surface area (Å²) in [5.41, 5.74) is 10.1. The molecule has 0 unspecified atom stereocenters. The second-order valence-electron chi connectivity index (χ2n) is 9.75. The summed E-state index contributed by atoms with van der Waals surface area (Å²) in [5, 5.41) is 0.713. The molecule has 0 aliphatic carbocycles. The van der Waals surface area contributed by atoms with Gasteiger partial charge in [-0.1, -0.05) is 90.5 Å². The van der Waals surface area contributed by atoms with E-state index >= 15 is 0 Å². The molecule has 0 saturated carbocycles. The van der Waals surface area contributed by atoms with Crippen molar-refractivity contribution in [1.82, 2.24) is 0 Å².